The Morgan fingerprint density at radius 2 is 2.17 bits per heavy atom. The number of rotatable bonds is 4. The average Bonchev–Trinajstić information content (AvgIpc) is 2.46. The molecule has 0 atom stereocenters. The number of aromatic nitrogens is 1. The monoisotopic (exact) mass is 245 g/mol. The summed E-state index contributed by atoms with van der Waals surface area (Å²) in [5.74, 6) is 0.815. The Morgan fingerprint density at radius 3 is 2.83 bits per heavy atom. The Hall–Kier alpha value is -1.60. The van der Waals surface area contributed by atoms with Crippen molar-refractivity contribution in [3.63, 3.8) is 0 Å². The van der Waals surface area contributed by atoms with E-state index in [-0.39, 0.29) is 6.61 Å². The molecule has 0 radical (unpaired) electrons. The maximum atomic E-state index is 9.22. The summed E-state index contributed by atoms with van der Waals surface area (Å²) in [5.41, 5.74) is 0.624. The summed E-state index contributed by atoms with van der Waals surface area (Å²) in [6, 6.07) is 6.11. The molecule has 0 spiro atoms. The van der Waals surface area contributed by atoms with Crippen LogP contribution in [0.1, 0.15) is 37.7 Å². The molecule has 0 aliphatic heterocycles. The maximum Gasteiger partial charge on any atom is 0.130 e. The van der Waals surface area contributed by atoms with E-state index in [1.807, 2.05) is 6.07 Å². The van der Waals surface area contributed by atoms with Crippen molar-refractivity contribution in [2.75, 3.05) is 18.1 Å². The van der Waals surface area contributed by atoms with Crippen molar-refractivity contribution in [3.8, 4) is 6.07 Å². The molecule has 1 aliphatic carbocycles. The van der Waals surface area contributed by atoms with E-state index >= 15 is 0 Å². The molecule has 4 heteroatoms. The lowest BCUT2D eigenvalue weighted by molar-refractivity contribution is 0.289. The Bertz CT molecular complexity index is 421. The molecule has 1 fully saturated rings. The summed E-state index contributed by atoms with van der Waals surface area (Å²) in [5, 5.41) is 18.2. The molecule has 2 rings (SSSR count). The molecule has 18 heavy (non-hydrogen) atoms. The van der Waals surface area contributed by atoms with Crippen molar-refractivity contribution in [2.24, 2.45) is 0 Å². The number of anilines is 1. The number of aliphatic hydroxyl groups excluding tert-OH is 1. The van der Waals surface area contributed by atoms with Crippen LogP contribution in [-0.2, 0) is 0 Å². The largest absolute Gasteiger partial charge is 0.395 e. The first-order valence-corrected chi connectivity index (χ1v) is 6.59. The van der Waals surface area contributed by atoms with E-state index in [0.29, 0.717) is 18.2 Å². The van der Waals surface area contributed by atoms with Gasteiger partial charge in [-0.2, -0.15) is 5.26 Å². The lowest BCUT2D eigenvalue weighted by Crippen LogP contribution is -2.39. The van der Waals surface area contributed by atoms with Gasteiger partial charge in [-0.05, 0) is 25.0 Å². The minimum Gasteiger partial charge on any atom is -0.395 e. The van der Waals surface area contributed by atoms with Crippen molar-refractivity contribution >= 4 is 5.82 Å². The topological polar surface area (TPSA) is 60.2 Å². The standard InChI is InChI=1S/C14H19N3O/c15-11-12-6-7-16-14(10-12)17(8-9-18)13-4-2-1-3-5-13/h6-7,10,13,18H,1-5,8-9H2. The quantitative estimate of drug-likeness (QED) is 0.882. The summed E-state index contributed by atoms with van der Waals surface area (Å²) in [7, 11) is 0. The van der Waals surface area contributed by atoms with Crippen LogP contribution in [0.15, 0.2) is 18.3 Å². The SMILES string of the molecule is N#Cc1ccnc(N(CCO)C2CCCCC2)c1. The van der Waals surface area contributed by atoms with Crippen LogP contribution in [0.2, 0.25) is 0 Å². The lowest BCUT2D eigenvalue weighted by atomic mass is 9.94. The van der Waals surface area contributed by atoms with E-state index in [9.17, 15) is 5.11 Å². The first-order valence-electron chi connectivity index (χ1n) is 6.59. The van der Waals surface area contributed by atoms with Gasteiger partial charge in [0.1, 0.15) is 5.82 Å². The summed E-state index contributed by atoms with van der Waals surface area (Å²) >= 11 is 0. The molecule has 1 saturated carbocycles. The molecular formula is C14H19N3O. The normalized spacial score (nSPS) is 16.2. The summed E-state index contributed by atoms with van der Waals surface area (Å²) in [4.78, 5) is 6.50. The third-order valence-electron chi connectivity index (χ3n) is 3.53. The van der Waals surface area contributed by atoms with Crippen LogP contribution in [0.4, 0.5) is 5.82 Å². The van der Waals surface area contributed by atoms with Crippen LogP contribution in [0.25, 0.3) is 0 Å². The molecule has 0 aromatic carbocycles. The smallest absolute Gasteiger partial charge is 0.130 e. The molecule has 0 unspecified atom stereocenters. The second-order valence-corrected chi connectivity index (χ2v) is 4.72. The van der Waals surface area contributed by atoms with Gasteiger partial charge in [-0.15, -0.1) is 0 Å². The molecule has 0 bridgehead atoms. The molecule has 1 aromatic heterocycles. The Morgan fingerprint density at radius 1 is 1.39 bits per heavy atom. The van der Waals surface area contributed by atoms with Gasteiger partial charge in [0.05, 0.1) is 18.2 Å². The van der Waals surface area contributed by atoms with Crippen LogP contribution in [0, 0.1) is 11.3 Å². The van der Waals surface area contributed by atoms with Crippen LogP contribution < -0.4 is 4.90 Å². The fourth-order valence-electron chi connectivity index (χ4n) is 2.63. The van der Waals surface area contributed by atoms with Crippen molar-refractivity contribution in [1.29, 1.82) is 5.26 Å². The third-order valence-corrected chi connectivity index (χ3v) is 3.53. The van der Waals surface area contributed by atoms with E-state index in [1.54, 1.807) is 12.3 Å². The Balaban J connectivity index is 2.19. The Kier molecular flexibility index (Phi) is 4.54. The van der Waals surface area contributed by atoms with E-state index in [0.717, 1.165) is 18.7 Å². The van der Waals surface area contributed by atoms with Gasteiger partial charge in [0.2, 0.25) is 0 Å². The zero-order valence-electron chi connectivity index (χ0n) is 10.5. The maximum absolute atomic E-state index is 9.22. The second-order valence-electron chi connectivity index (χ2n) is 4.72. The lowest BCUT2D eigenvalue weighted by Gasteiger charge is -2.34. The predicted octanol–water partition coefficient (Wildman–Crippen LogP) is 2.08. The molecule has 96 valence electrons. The minimum absolute atomic E-state index is 0.120. The zero-order chi connectivity index (χ0) is 12.8. The first kappa shape index (κ1) is 12.8. The summed E-state index contributed by atoms with van der Waals surface area (Å²) < 4.78 is 0. The predicted molar refractivity (Wildman–Crippen MR) is 70.3 cm³/mol. The van der Waals surface area contributed by atoms with Crippen LogP contribution in [0.3, 0.4) is 0 Å². The first-order chi connectivity index (χ1) is 8.85. The van der Waals surface area contributed by atoms with Crippen molar-refractivity contribution < 1.29 is 5.11 Å². The van der Waals surface area contributed by atoms with E-state index in [2.05, 4.69) is 16.0 Å². The van der Waals surface area contributed by atoms with E-state index in [1.165, 1.54) is 19.3 Å². The molecule has 0 amide bonds. The number of aliphatic hydroxyl groups is 1. The number of hydrogen-bond donors (Lipinski definition) is 1. The molecule has 4 nitrogen and oxygen atoms in total. The van der Waals surface area contributed by atoms with Crippen molar-refractivity contribution in [3.05, 3.63) is 23.9 Å². The second kappa shape index (κ2) is 6.36. The van der Waals surface area contributed by atoms with Gasteiger partial charge >= 0.3 is 0 Å². The number of nitriles is 1. The van der Waals surface area contributed by atoms with Crippen molar-refractivity contribution in [2.45, 2.75) is 38.1 Å². The van der Waals surface area contributed by atoms with Gasteiger partial charge in [0.25, 0.3) is 0 Å². The molecule has 1 aromatic rings. The highest BCUT2D eigenvalue weighted by molar-refractivity contribution is 5.45. The van der Waals surface area contributed by atoms with Gasteiger partial charge in [-0.3, -0.25) is 0 Å². The fourth-order valence-corrected chi connectivity index (χ4v) is 2.63. The molecule has 1 heterocycles. The van der Waals surface area contributed by atoms with Gasteiger partial charge in [0.15, 0.2) is 0 Å². The molecule has 0 saturated heterocycles. The van der Waals surface area contributed by atoms with E-state index < -0.39 is 0 Å². The zero-order valence-corrected chi connectivity index (χ0v) is 10.5. The van der Waals surface area contributed by atoms with Crippen LogP contribution in [0.5, 0.6) is 0 Å². The van der Waals surface area contributed by atoms with Crippen LogP contribution in [-0.4, -0.2) is 29.3 Å². The average molecular weight is 245 g/mol. The summed E-state index contributed by atoms with van der Waals surface area (Å²) in [6.07, 6.45) is 7.75. The van der Waals surface area contributed by atoms with E-state index in [4.69, 9.17) is 5.26 Å². The van der Waals surface area contributed by atoms with Gasteiger partial charge < -0.3 is 10.0 Å². The van der Waals surface area contributed by atoms with Crippen molar-refractivity contribution in [1.82, 2.24) is 4.98 Å². The van der Waals surface area contributed by atoms with Gasteiger partial charge in [0, 0.05) is 18.8 Å². The Labute approximate surface area is 108 Å². The van der Waals surface area contributed by atoms with Crippen LogP contribution >= 0.6 is 0 Å². The fraction of sp³-hybridized carbons (Fsp3) is 0.571. The van der Waals surface area contributed by atoms with Gasteiger partial charge in [-0.1, -0.05) is 19.3 Å². The molecular weight excluding hydrogens is 226 g/mol. The number of pyridine rings is 1. The minimum atomic E-state index is 0.120. The molecule has 1 N–H and O–H groups in total. The number of hydrogen-bond acceptors (Lipinski definition) is 4. The highest BCUT2D eigenvalue weighted by Gasteiger charge is 2.22. The third kappa shape index (κ3) is 2.99. The highest BCUT2D eigenvalue weighted by atomic mass is 16.3. The number of nitrogens with zero attached hydrogens (tertiary/aromatic N) is 3. The highest BCUT2D eigenvalue weighted by Crippen LogP contribution is 2.26. The summed E-state index contributed by atoms with van der Waals surface area (Å²) in [6.45, 7) is 0.710. The van der Waals surface area contributed by atoms with Gasteiger partial charge in [-0.25, -0.2) is 4.98 Å². The molecule has 1 aliphatic rings.